The fraction of sp³-hybridized carbons (Fsp3) is 0.364. The molecule has 2 aromatic rings. The van der Waals surface area contributed by atoms with Crippen LogP contribution in [0.3, 0.4) is 0 Å². The first-order valence-corrected chi connectivity index (χ1v) is 9.32. The lowest BCUT2D eigenvalue weighted by molar-refractivity contribution is -0.137. The number of rotatable bonds is 8. The van der Waals surface area contributed by atoms with Crippen molar-refractivity contribution in [3.8, 4) is 5.75 Å². The molecule has 0 bridgehead atoms. The molecule has 5 heteroatoms. The molecule has 0 aromatic heterocycles. The Kier molecular flexibility index (Phi) is 5.79. The Morgan fingerprint density at radius 1 is 1.04 bits per heavy atom. The summed E-state index contributed by atoms with van der Waals surface area (Å²) >= 11 is 0. The van der Waals surface area contributed by atoms with Crippen molar-refractivity contribution < 1.29 is 14.3 Å². The number of hydrogen-bond donors (Lipinski definition) is 2. The molecule has 0 spiro atoms. The summed E-state index contributed by atoms with van der Waals surface area (Å²) in [4.78, 5) is 25.3. The quantitative estimate of drug-likeness (QED) is 0.706. The number of methoxy groups -OCH3 is 1. The average Bonchev–Trinajstić information content (AvgIpc) is 3.51. The molecule has 2 aromatic carbocycles. The maximum Gasteiger partial charge on any atom is 0.236 e. The van der Waals surface area contributed by atoms with Gasteiger partial charge in [0, 0.05) is 6.54 Å². The predicted molar refractivity (Wildman–Crippen MR) is 104 cm³/mol. The van der Waals surface area contributed by atoms with E-state index in [4.69, 9.17) is 4.74 Å². The topological polar surface area (TPSA) is 67.4 Å². The van der Waals surface area contributed by atoms with Crippen LogP contribution in [0.25, 0.3) is 0 Å². The summed E-state index contributed by atoms with van der Waals surface area (Å²) < 4.78 is 5.14. The van der Waals surface area contributed by atoms with Gasteiger partial charge in [-0.25, -0.2) is 0 Å². The second kappa shape index (κ2) is 8.25. The molecule has 0 heterocycles. The average molecular weight is 366 g/mol. The van der Waals surface area contributed by atoms with Gasteiger partial charge in [0.2, 0.25) is 11.8 Å². The van der Waals surface area contributed by atoms with Crippen LogP contribution in [0, 0.1) is 5.41 Å². The van der Waals surface area contributed by atoms with Crippen molar-refractivity contribution in [1.82, 2.24) is 10.6 Å². The Bertz CT molecular complexity index is 783. The van der Waals surface area contributed by atoms with Crippen molar-refractivity contribution in [2.75, 3.05) is 13.7 Å². The van der Waals surface area contributed by atoms with Crippen molar-refractivity contribution >= 4 is 11.8 Å². The van der Waals surface area contributed by atoms with Crippen molar-refractivity contribution in [3.63, 3.8) is 0 Å². The van der Waals surface area contributed by atoms with Gasteiger partial charge in [-0.2, -0.15) is 0 Å². The Morgan fingerprint density at radius 3 is 2.30 bits per heavy atom. The third kappa shape index (κ3) is 4.48. The molecule has 0 saturated heterocycles. The molecule has 5 nitrogen and oxygen atoms in total. The van der Waals surface area contributed by atoms with E-state index in [1.54, 1.807) is 7.11 Å². The molecule has 142 valence electrons. The molecule has 3 rings (SSSR count). The highest BCUT2D eigenvalue weighted by Gasteiger charge is 2.56. The van der Waals surface area contributed by atoms with Crippen LogP contribution in [0.5, 0.6) is 5.75 Å². The van der Waals surface area contributed by atoms with Crippen LogP contribution in [0.2, 0.25) is 0 Å². The zero-order valence-electron chi connectivity index (χ0n) is 15.8. The summed E-state index contributed by atoms with van der Waals surface area (Å²) in [5.41, 5.74) is 1.24. The van der Waals surface area contributed by atoms with Gasteiger partial charge in [0.15, 0.2) is 0 Å². The number of amides is 2. The van der Waals surface area contributed by atoms with Crippen LogP contribution >= 0.6 is 0 Å². The lowest BCUT2D eigenvalue weighted by Gasteiger charge is -2.19. The molecular formula is C22H26N2O3. The number of ether oxygens (including phenoxy) is 1. The van der Waals surface area contributed by atoms with Gasteiger partial charge in [-0.1, -0.05) is 42.5 Å². The highest BCUT2D eigenvalue weighted by atomic mass is 16.5. The maximum atomic E-state index is 12.7. The van der Waals surface area contributed by atoms with E-state index in [9.17, 15) is 9.59 Å². The zero-order valence-corrected chi connectivity index (χ0v) is 15.8. The van der Waals surface area contributed by atoms with Gasteiger partial charge < -0.3 is 15.4 Å². The molecule has 0 radical (unpaired) electrons. The van der Waals surface area contributed by atoms with Crippen LogP contribution < -0.4 is 15.4 Å². The van der Waals surface area contributed by atoms with Crippen molar-refractivity contribution in [3.05, 3.63) is 65.7 Å². The number of nitrogens with one attached hydrogen (secondary N) is 2. The Morgan fingerprint density at radius 2 is 1.70 bits per heavy atom. The van der Waals surface area contributed by atoms with Gasteiger partial charge in [0.25, 0.3) is 0 Å². The van der Waals surface area contributed by atoms with E-state index in [1.807, 2.05) is 61.5 Å². The molecule has 1 fully saturated rings. The van der Waals surface area contributed by atoms with E-state index in [2.05, 4.69) is 10.6 Å². The summed E-state index contributed by atoms with van der Waals surface area (Å²) in [7, 11) is 1.63. The van der Waals surface area contributed by atoms with E-state index in [0.717, 1.165) is 16.9 Å². The first-order valence-electron chi connectivity index (χ1n) is 9.32. The van der Waals surface area contributed by atoms with Crippen molar-refractivity contribution in [2.24, 2.45) is 5.41 Å². The highest BCUT2D eigenvalue weighted by molar-refractivity contribution is 6.07. The third-order valence-corrected chi connectivity index (χ3v) is 5.12. The molecule has 0 aliphatic heterocycles. The Hall–Kier alpha value is -2.82. The number of carbonyl (C=O) groups excluding carboxylic acids is 2. The maximum absolute atomic E-state index is 12.7. The molecule has 1 aliphatic rings. The van der Waals surface area contributed by atoms with Crippen LogP contribution in [0.1, 0.15) is 36.9 Å². The fourth-order valence-corrected chi connectivity index (χ4v) is 3.12. The molecular weight excluding hydrogens is 340 g/mol. The van der Waals surface area contributed by atoms with E-state index in [1.165, 1.54) is 0 Å². The van der Waals surface area contributed by atoms with Crippen LogP contribution in [0.15, 0.2) is 54.6 Å². The lowest BCUT2D eigenvalue weighted by Crippen LogP contribution is -2.44. The summed E-state index contributed by atoms with van der Waals surface area (Å²) in [5, 5.41) is 5.91. The van der Waals surface area contributed by atoms with E-state index >= 15 is 0 Å². The van der Waals surface area contributed by atoms with E-state index < -0.39 is 5.41 Å². The summed E-state index contributed by atoms with van der Waals surface area (Å²) in [5.74, 6) is 0.457. The normalized spacial score (nSPS) is 15.5. The van der Waals surface area contributed by atoms with E-state index in [0.29, 0.717) is 25.8 Å². The molecule has 1 aliphatic carbocycles. The summed E-state index contributed by atoms with van der Waals surface area (Å²) in [6, 6.07) is 17.4. The molecule has 2 N–H and O–H groups in total. The first kappa shape index (κ1) is 19.0. The van der Waals surface area contributed by atoms with Gasteiger partial charge in [0.05, 0.1) is 13.2 Å². The smallest absolute Gasteiger partial charge is 0.236 e. The summed E-state index contributed by atoms with van der Waals surface area (Å²) in [6.45, 7) is 2.44. The highest BCUT2D eigenvalue weighted by Crippen LogP contribution is 2.46. The minimum atomic E-state index is -0.900. The fourth-order valence-electron chi connectivity index (χ4n) is 3.12. The minimum absolute atomic E-state index is 0.122. The van der Waals surface area contributed by atoms with Gasteiger partial charge >= 0.3 is 0 Å². The second-order valence-corrected chi connectivity index (χ2v) is 7.04. The van der Waals surface area contributed by atoms with E-state index in [-0.39, 0.29) is 17.9 Å². The largest absolute Gasteiger partial charge is 0.497 e. The third-order valence-electron chi connectivity index (χ3n) is 5.12. The van der Waals surface area contributed by atoms with Crippen molar-refractivity contribution in [1.29, 1.82) is 0 Å². The molecule has 1 atom stereocenters. The Balaban J connectivity index is 1.50. The Labute approximate surface area is 160 Å². The van der Waals surface area contributed by atoms with Crippen LogP contribution in [0.4, 0.5) is 0 Å². The lowest BCUT2D eigenvalue weighted by atomic mass is 10.0. The van der Waals surface area contributed by atoms with Gasteiger partial charge in [-0.3, -0.25) is 9.59 Å². The van der Waals surface area contributed by atoms with Gasteiger partial charge in [0.1, 0.15) is 11.2 Å². The van der Waals surface area contributed by atoms with Gasteiger partial charge in [-0.15, -0.1) is 0 Å². The molecule has 1 unspecified atom stereocenters. The monoisotopic (exact) mass is 366 g/mol. The number of hydrogen-bond acceptors (Lipinski definition) is 3. The number of benzene rings is 2. The van der Waals surface area contributed by atoms with Crippen LogP contribution in [-0.2, 0) is 16.0 Å². The minimum Gasteiger partial charge on any atom is -0.497 e. The molecule has 27 heavy (non-hydrogen) atoms. The predicted octanol–water partition coefficient (Wildman–Crippen LogP) is 3.01. The van der Waals surface area contributed by atoms with Gasteiger partial charge in [-0.05, 0) is 49.4 Å². The zero-order chi connectivity index (χ0) is 19.3. The molecule has 1 saturated carbocycles. The van der Waals surface area contributed by atoms with Crippen molar-refractivity contribution in [2.45, 2.75) is 32.2 Å². The first-order chi connectivity index (χ1) is 13.0. The molecule has 2 amide bonds. The SMILES string of the molecule is COc1ccc(CCNC(=O)C2(C(=O)NC(C)c3ccccc3)CC2)cc1. The standard InChI is InChI=1S/C22H26N2O3/c1-16(18-6-4-3-5-7-18)24-21(26)22(13-14-22)20(25)23-15-12-17-8-10-19(27-2)11-9-17/h3-11,16H,12-15H2,1-2H3,(H,23,25)(H,24,26). The number of carbonyl (C=O) groups is 2. The van der Waals surface area contributed by atoms with Crippen LogP contribution in [-0.4, -0.2) is 25.5 Å². The summed E-state index contributed by atoms with van der Waals surface area (Å²) in [6.07, 6.45) is 1.93. The second-order valence-electron chi connectivity index (χ2n) is 7.04.